The minimum Gasteiger partial charge on any atom is -0.462 e. The number of aromatic nitrogens is 2. The normalized spacial score (nSPS) is 21.7. The van der Waals surface area contributed by atoms with Crippen molar-refractivity contribution in [1.29, 1.82) is 0 Å². The Hall–Kier alpha value is -1.49. The Kier molecular flexibility index (Phi) is 2.83. The molecular formula is C15H12Cl2N2O2. The first-order valence-electron chi connectivity index (χ1n) is 6.69. The van der Waals surface area contributed by atoms with Crippen LogP contribution in [0.1, 0.15) is 24.1 Å². The van der Waals surface area contributed by atoms with Gasteiger partial charge in [-0.1, -0.05) is 23.2 Å². The number of benzene rings is 1. The Labute approximate surface area is 130 Å². The molecule has 1 aromatic carbocycles. The van der Waals surface area contributed by atoms with Crippen molar-refractivity contribution in [3.63, 3.8) is 0 Å². The van der Waals surface area contributed by atoms with Crippen molar-refractivity contribution in [2.75, 3.05) is 0 Å². The molecule has 21 heavy (non-hydrogen) atoms. The van der Waals surface area contributed by atoms with Gasteiger partial charge in [-0.2, -0.15) is 0 Å². The van der Waals surface area contributed by atoms with Crippen LogP contribution in [0, 0.1) is 0 Å². The Balaban J connectivity index is 2.00. The van der Waals surface area contributed by atoms with Gasteiger partial charge in [0.15, 0.2) is 5.58 Å². The monoisotopic (exact) mass is 322 g/mol. The fraction of sp³-hybridized carbons (Fsp3) is 0.267. The number of aliphatic hydroxyl groups is 1. The number of nitrogens with zero attached hydrogens (tertiary/aromatic N) is 2. The number of hydrogen-bond donors (Lipinski definition) is 1. The minimum absolute atomic E-state index is 0.441. The van der Waals surface area contributed by atoms with Gasteiger partial charge in [0.25, 0.3) is 0 Å². The molecule has 1 N–H and O–H groups in total. The molecule has 2 aromatic heterocycles. The van der Waals surface area contributed by atoms with Gasteiger partial charge in [-0.05, 0) is 25.0 Å². The first kappa shape index (κ1) is 13.2. The number of halogens is 2. The Bertz CT molecular complexity index is 839. The van der Waals surface area contributed by atoms with Crippen molar-refractivity contribution >= 4 is 34.2 Å². The molecule has 0 saturated heterocycles. The largest absolute Gasteiger partial charge is 0.462 e. The van der Waals surface area contributed by atoms with Crippen molar-refractivity contribution in [3.05, 3.63) is 52.2 Å². The Morgan fingerprint density at radius 3 is 3.05 bits per heavy atom. The van der Waals surface area contributed by atoms with E-state index in [9.17, 15) is 5.11 Å². The molecule has 0 radical (unpaired) electrons. The zero-order valence-electron chi connectivity index (χ0n) is 11.0. The number of imidazole rings is 1. The van der Waals surface area contributed by atoms with Crippen molar-refractivity contribution in [1.82, 2.24) is 9.55 Å². The van der Waals surface area contributed by atoms with Crippen LogP contribution >= 0.6 is 23.2 Å². The van der Waals surface area contributed by atoms with Gasteiger partial charge < -0.3 is 14.1 Å². The second kappa shape index (κ2) is 4.50. The molecule has 0 amide bonds. The Morgan fingerprint density at radius 2 is 2.19 bits per heavy atom. The molecule has 0 aliphatic carbocycles. The molecule has 0 saturated carbocycles. The van der Waals surface area contributed by atoms with Crippen molar-refractivity contribution in [2.45, 2.75) is 25.0 Å². The maximum Gasteiger partial charge on any atom is 0.152 e. The lowest BCUT2D eigenvalue weighted by atomic mass is 9.84. The van der Waals surface area contributed by atoms with Gasteiger partial charge in [-0.15, -0.1) is 0 Å². The van der Waals surface area contributed by atoms with Crippen LogP contribution in [0.15, 0.2) is 35.3 Å². The van der Waals surface area contributed by atoms with Gasteiger partial charge >= 0.3 is 0 Å². The van der Waals surface area contributed by atoms with E-state index in [4.69, 9.17) is 27.6 Å². The fourth-order valence-electron chi connectivity index (χ4n) is 3.13. The lowest BCUT2D eigenvalue weighted by Crippen LogP contribution is -2.33. The van der Waals surface area contributed by atoms with Gasteiger partial charge in [-0.25, -0.2) is 4.98 Å². The first-order valence-corrected chi connectivity index (χ1v) is 7.45. The summed E-state index contributed by atoms with van der Waals surface area (Å²) in [4.78, 5) is 4.14. The van der Waals surface area contributed by atoms with Gasteiger partial charge in [0.1, 0.15) is 5.60 Å². The molecule has 6 heteroatoms. The topological polar surface area (TPSA) is 51.2 Å². The molecule has 3 aromatic rings. The summed E-state index contributed by atoms with van der Waals surface area (Å²) in [5.41, 5.74) is 0.866. The number of aryl methyl sites for hydroxylation is 1. The molecule has 3 heterocycles. The molecule has 1 aliphatic rings. The average Bonchev–Trinajstić information content (AvgIpc) is 3.05. The van der Waals surface area contributed by atoms with Crippen LogP contribution < -0.4 is 0 Å². The van der Waals surface area contributed by atoms with Gasteiger partial charge in [0.2, 0.25) is 0 Å². The third-order valence-corrected chi connectivity index (χ3v) is 4.61. The summed E-state index contributed by atoms with van der Waals surface area (Å²) < 4.78 is 7.53. The summed E-state index contributed by atoms with van der Waals surface area (Å²) in [5, 5.41) is 12.9. The maximum atomic E-state index is 11.2. The average molecular weight is 323 g/mol. The highest BCUT2D eigenvalue weighted by Gasteiger charge is 2.39. The molecule has 4 rings (SSSR count). The van der Waals surface area contributed by atoms with Crippen LogP contribution in [0.2, 0.25) is 10.0 Å². The molecule has 0 fully saturated rings. The first-order chi connectivity index (χ1) is 10.1. The third-order valence-electron chi connectivity index (χ3n) is 4.11. The molecule has 108 valence electrons. The predicted octanol–water partition coefficient (Wildman–Crippen LogP) is 3.97. The van der Waals surface area contributed by atoms with Crippen LogP contribution in [-0.4, -0.2) is 14.7 Å². The summed E-state index contributed by atoms with van der Waals surface area (Å²) in [5.74, 6) is 0. The molecule has 1 atom stereocenters. The van der Waals surface area contributed by atoms with E-state index in [1.165, 1.54) is 0 Å². The van der Waals surface area contributed by atoms with E-state index in [1.54, 1.807) is 30.9 Å². The number of rotatable bonds is 1. The zero-order valence-corrected chi connectivity index (χ0v) is 12.5. The molecule has 0 spiro atoms. The van der Waals surface area contributed by atoms with Crippen LogP contribution in [0.4, 0.5) is 0 Å². The second-order valence-electron chi connectivity index (χ2n) is 5.35. The zero-order chi connectivity index (χ0) is 14.6. The lowest BCUT2D eigenvalue weighted by Gasteiger charge is -2.32. The predicted molar refractivity (Wildman–Crippen MR) is 80.7 cm³/mol. The van der Waals surface area contributed by atoms with E-state index in [1.807, 2.05) is 4.57 Å². The molecular weight excluding hydrogens is 311 g/mol. The highest BCUT2D eigenvalue weighted by atomic mass is 35.5. The highest BCUT2D eigenvalue weighted by Crippen LogP contribution is 2.43. The van der Waals surface area contributed by atoms with Gasteiger partial charge in [-0.3, -0.25) is 0 Å². The summed E-state index contributed by atoms with van der Waals surface area (Å²) in [6.07, 6.45) is 6.47. The minimum atomic E-state index is -1.13. The quantitative estimate of drug-likeness (QED) is 0.737. The molecule has 4 nitrogen and oxygen atoms in total. The van der Waals surface area contributed by atoms with Crippen molar-refractivity contribution in [2.24, 2.45) is 0 Å². The van der Waals surface area contributed by atoms with Crippen molar-refractivity contribution in [3.8, 4) is 0 Å². The summed E-state index contributed by atoms with van der Waals surface area (Å²) in [6.45, 7) is 0.856. The third kappa shape index (κ3) is 1.83. The van der Waals surface area contributed by atoms with Crippen LogP contribution in [0.25, 0.3) is 11.0 Å². The van der Waals surface area contributed by atoms with Gasteiger partial charge in [0, 0.05) is 22.5 Å². The smallest absolute Gasteiger partial charge is 0.152 e. The molecule has 0 bridgehead atoms. The van der Waals surface area contributed by atoms with E-state index >= 15 is 0 Å². The van der Waals surface area contributed by atoms with E-state index in [0.717, 1.165) is 24.0 Å². The van der Waals surface area contributed by atoms with Crippen molar-refractivity contribution < 1.29 is 9.52 Å². The van der Waals surface area contributed by atoms with E-state index in [-0.39, 0.29) is 0 Å². The molecule has 1 aliphatic heterocycles. The summed E-state index contributed by atoms with van der Waals surface area (Å²) >= 11 is 12.3. The van der Waals surface area contributed by atoms with Crippen LogP contribution in [0.3, 0.4) is 0 Å². The van der Waals surface area contributed by atoms with E-state index in [0.29, 0.717) is 27.6 Å². The summed E-state index contributed by atoms with van der Waals surface area (Å²) in [7, 11) is 0. The SMILES string of the molecule is OC1(c2coc3c(Cl)cc(Cl)cc23)CCCn2cncc21. The van der Waals surface area contributed by atoms with Gasteiger partial charge in [0.05, 0.1) is 29.5 Å². The maximum absolute atomic E-state index is 11.2. The Morgan fingerprint density at radius 1 is 1.33 bits per heavy atom. The van der Waals surface area contributed by atoms with Crippen LogP contribution in [0.5, 0.6) is 0 Å². The number of furan rings is 1. The molecule has 1 unspecified atom stereocenters. The van der Waals surface area contributed by atoms with E-state index in [2.05, 4.69) is 4.98 Å². The standard InChI is InChI=1S/C15H12Cl2N2O2/c16-9-4-10-11(7-21-14(10)12(17)5-9)15(20)2-1-3-19-8-18-6-13(15)19/h4-8,20H,1-3H2. The second-order valence-corrected chi connectivity index (χ2v) is 6.19. The lowest BCUT2D eigenvalue weighted by molar-refractivity contribution is 0.0475. The fourth-order valence-corrected chi connectivity index (χ4v) is 3.67. The highest BCUT2D eigenvalue weighted by molar-refractivity contribution is 6.38. The number of hydrogen-bond acceptors (Lipinski definition) is 3. The number of fused-ring (bicyclic) bond motifs is 2. The summed E-state index contributed by atoms with van der Waals surface area (Å²) in [6, 6.07) is 3.41. The van der Waals surface area contributed by atoms with E-state index < -0.39 is 5.60 Å². The van der Waals surface area contributed by atoms with Crippen LogP contribution in [-0.2, 0) is 12.1 Å².